The Labute approximate surface area is 195 Å². The lowest BCUT2D eigenvalue weighted by atomic mass is 9.88. The molecule has 6 heteroatoms. The molecule has 2 aromatic carbocycles. The molecule has 6 nitrogen and oxygen atoms in total. The van der Waals surface area contributed by atoms with Gasteiger partial charge in [0.2, 0.25) is 5.91 Å². The van der Waals surface area contributed by atoms with Gasteiger partial charge < -0.3 is 20.3 Å². The van der Waals surface area contributed by atoms with Crippen LogP contribution in [0.5, 0.6) is 5.75 Å². The number of carbonyl (C=O) groups is 2. The van der Waals surface area contributed by atoms with Crippen LogP contribution in [0.1, 0.15) is 63.9 Å². The number of piperidine rings is 1. The number of amides is 2. The number of ether oxygens (including phenoxy) is 1. The van der Waals surface area contributed by atoms with Crippen LogP contribution in [0.4, 0.5) is 0 Å². The van der Waals surface area contributed by atoms with Crippen molar-refractivity contribution in [2.24, 2.45) is 5.73 Å². The van der Waals surface area contributed by atoms with E-state index in [9.17, 15) is 9.59 Å². The third-order valence-electron chi connectivity index (χ3n) is 7.62. The molecule has 5 rings (SSSR count). The number of nitrogens with two attached hydrogens (primary N) is 1. The van der Waals surface area contributed by atoms with Gasteiger partial charge in [0.1, 0.15) is 5.75 Å². The fraction of sp³-hybridized carbons (Fsp3) is 0.481. The summed E-state index contributed by atoms with van der Waals surface area (Å²) in [5, 5.41) is 0. The molecule has 1 saturated heterocycles. The number of primary amides is 1. The molecule has 2 amide bonds. The van der Waals surface area contributed by atoms with Crippen molar-refractivity contribution >= 4 is 11.8 Å². The zero-order valence-corrected chi connectivity index (χ0v) is 19.2. The third-order valence-corrected chi connectivity index (χ3v) is 7.62. The van der Waals surface area contributed by atoms with E-state index in [4.69, 9.17) is 10.5 Å². The lowest BCUT2D eigenvalue weighted by Gasteiger charge is -2.45. The van der Waals surface area contributed by atoms with Crippen molar-refractivity contribution in [3.63, 3.8) is 0 Å². The van der Waals surface area contributed by atoms with Crippen LogP contribution in [0.15, 0.2) is 42.5 Å². The van der Waals surface area contributed by atoms with E-state index in [1.807, 2.05) is 30.3 Å². The van der Waals surface area contributed by atoms with Gasteiger partial charge in [-0.25, -0.2) is 0 Å². The highest BCUT2D eigenvalue weighted by Crippen LogP contribution is 2.31. The van der Waals surface area contributed by atoms with Crippen LogP contribution in [-0.2, 0) is 12.8 Å². The fourth-order valence-electron chi connectivity index (χ4n) is 5.36. The van der Waals surface area contributed by atoms with E-state index >= 15 is 0 Å². The number of hydrogen-bond acceptors (Lipinski definition) is 4. The van der Waals surface area contributed by atoms with Crippen molar-refractivity contribution in [3.8, 4) is 5.75 Å². The molecule has 2 fully saturated rings. The number of benzene rings is 2. The average molecular weight is 448 g/mol. The Balaban J connectivity index is 1.14. The van der Waals surface area contributed by atoms with E-state index in [1.54, 1.807) is 12.1 Å². The van der Waals surface area contributed by atoms with Crippen LogP contribution < -0.4 is 10.5 Å². The Hall–Kier alpha value is -2.86. The summed E-state index contributed by atoms with van der Waals surface area (Å²) in [6.07, 6.45) is 7.90. The summed E-state index contributed by atoms with van der Waals surface area (Å²) in [5.74, 6) is 0.566. The van der Waals surface area contributed by atoms with Gasteiger partial charge in [-0.2, -0.15) is 0 Å². The zero-order valence-electron chi connectivity index (χ0n) is 19.2. The number of nitrogens with zero attached hydrogens (tertiary/aromatic N) is 2. The first-order valence-electron chi connectivity index (χ1n) is 12.3. The Bertz CT molecular complexity index is 1010. The molecule has 0 spiro atoms. The summed E-state index contributed by atoms with van der Waals surface area (Å²) >= 11 is 0. The van der Waals surface area contributed by atoms with Crippen molar-refractivity contribution in [1.29, 1.82) is 0 Å². The number of carbonyl (C=O) groups excluding carboxylic acids is 2. The summed E-state index contributed by atoms with van der Waals surface area (Å²) in [4.78, 5) is 29.2. The van der Waals surface area contributed by atoms with Gasteiger partial charge in [0, 0.05) is 49.3 Å². The Morgan fingerprint density at radius 2 is 1.73 bits per heavy atom. The minimum absolute atomic E-state index is 0.180. The highest BCUT2D eigenvalue weighted by Gasteiger charge is 2.34. The van der Waals surface area contributed by atoms with Gasteiger partial charge in [-0.3, -0.25) is 9.59 Å². The maximum absolute atomic E-state index is 13.2. The minimum Gasteiger partial charge on any atom is -0.493 e. The molecule has 0 unspecified atom stereocenters. The van der Waals surface area contributed by atoms with Crippen molar-refractivity contribution in [2.45, 2.75) is 57.0 Å². The maximum atomic E-state index is 13.2. The number of hydrogen-bond donors (Lipinski definition) is 1. The van der Waals surface area contributed by atoms with Crippen LogP contribution in [0.25, 0.3) is 0 Å². The van der Waals surface area contributed by atoms with Crippen molar-refractivity contribution < 1.29 is 14.3 Å². The van der Waals surface area contributed by atoms with Gasteiger partial charge >= 0.3 is 0 Å². The molecule has 3 aliphatic rings. The lowest BCUT2D eigenvalue weighted by Crippen LogP contribution is -2.52. The quantitative estimate of drug-likeness (QED) is 0.706. The Morgan fingerprint density at radius 3 is 2.39 bits per heavy atom. The predicted molar refractivity (Wildman–Crippen MR) is 128 cm³/mol. The predicted octanol–water partition coefficient (Wildman–Crippen LogP) is 3.42. The van der Waals surface area contributed by atoms with Crippen molar-refractivity contribution in [1.82, 2.24) is 9.80 Å². The van der Waals surface area contributed by atoms with Gasteiger partial charge in [0.25, 0.3) is 5.91 Å². The Kier molecular flexibility index (Phi) is 6.36. The van der Waals surface area contributed by atoms with Gasteiger partial charge in [0.05, 0.1) is 6.61 Å². The highest BCUT2D eigenvalue weighted by atomic mass is 16.5. The lowest BCUT2D eigenvalue weighted by molar-refractivity contribution is 0.0414. The topological polar surface area (TPSA) is 75.9 Å². The van der Waals surface area contributed by atoms with E-state index in [0.717, 1.165) is 73.8 Å². The molecule has 2 N–H and O–H groups in total. The van der Waals surface area contributed by atoms with Crippen LogP contribution in [0.2, 0.25) is 0 Å². The van der Waals surface area contributed by atoms with Gasteiger partial charge in [-0.1, -0.05) is 18.6 Å². The van der Waals surface area contributed by atoms with Crippen LogP contribution in [0, 0.1) is 0 Å². The normalized spacial score (nSPS) is 19.8. The van der Waals surface area contributed by atoms with E-state index in [2.05, 4.69) is 9.80 Å². The summed E-state index contributed by atoms with van der Waals surface area (Å²) in [6.45, 7) is 3.60. The summed E-state index contributed by atoms with van der Waals surface area (Å²) in [7, 11) is 0. The molecule has 1 aliphatic carbocycles. The molecule has 2 aliphatic heterocycles. The maximum Gasteiger partial charge on any atom is 0.254 e. The van der Waals surface area contributed by atoms with E-state index in [1.165, 1.54) is 19.3 Å². The first kappa shape index (κ1) is 22.0. The second-order valence-electron chi connectivity index (χ2n) is 9.58. The van der Waals surface area contributed by atoms with E-state index < -0.39 is 5.91 Å². The molecule has 2 aromatic rings. The zero-order chi connectivity index (χ0) is 22.8. The van der Waals surface area contributed by atoms with Crippen LogP contribution in [0.3, 0.4) is 0 Å². The molecular weight excluding hydrogens is 414 g/mol. The molecule has 0 radical (unpaired) electrons. The smallest absolute Gasteiger partial charge is 0.254 e. The Morgan fingerprint density at radius 1 is 0.970 bits per heavy atom. The van der Waals surface area contributed by atoms with Gasteiger partial charge in [-0.15, -0.1) is 0 Å². The summed E-state index contributed by atoms with van der Waals surface area (Å²) < 4.78 is 5.96. The summed E-state index contributed by atoms with van der Waals surface area (Å²) in [6, 6.07) is 14.3. The van der Waals surface area contributed by atoms with Gasteiger partial charge in [-0.05, 0) is 73.6 Å². The SMILES string of the molecule is NC(=O)c1ccc(CCOc2ccc3c(c2)CCN(C2CCN(C4CCC4)CC2)C3=O)cc1. The van der Waals surface area contributed by atoms with E-state index in [-0.39, 0.29) is 5.91 Å². The average Bonchev–Trinajstić information content (AvgIpc) is 2.79. The number of fused-ring (bicyclic) bond motifs is 1. The largest absolute Gasteiger partial charge is 0.493 e. The summed E-state index contributed by atoms with van der Waals surface area (Å²) in [5.41, 5.74) is 8.81. The molecule has 0 aromatic heterocycles. The van der Waals surface area contributed by atoms with Crippen molar-refractivity contribution in [2.75, 3.05) is 26.2 Å². The fourth-order valence-corrected chi connectivity index (χ4v) is 5.36. The number of rotatable bonds is 7. The molecule has 33 heavy (non-hydrogen) atoms. The number of likely N-dealkylation sites (tertiary alicyclic amines) is 1. The first-order valence-corrected chi connectivity index (χ1v) is 12.3. The third kappa shape index (κ3) is 4.76. The standard InChI is InChI=1S/C27H33N3O3/c28-26(31)20-6-4-19(5-7-20)13-17-33-24-8-9-25-21(18-24)10-16-30(27(25)32)23-11-14-29(15-12-23)22-2-1-3-22/h4-9,18,22-23H,1-3,10-17H2,(H2,28,31). The minimum atomic E-state index is -0.418. The van der Waals surface area contributed by atoms with E-state index in [0.29, 0.717) is 18.2 Å². The van der Waals surface area contributed by atoms with Gasteiger partial charge in [0.15, 0.2) is 0 Å². The van der Waals surface area contributed by atoms with Crippen LogP contribution >= 0.6 is 0 Å². The molecular formula is C27H33N3O3. The second-order valence-corrected chi connectivity index (χ2v) is 9.58. The van der Waals surface area contributed by atoms with Crippen LogP contribution in [-0.4, -0.2) is 59.9 Å². The monoisotopic (exact) mass is 447 g/mol. The molecule has 0 atom stereocenters. The highest BCUT2D eigenvalue weighted by molar-refractivity contribution is 5.97. The molecule has 1 saturated carbocycles. The molecule has 0 bridgehead atoms. The van der Waals surface area contributed by atoms with Crippen molar-refractivity contribution in [3.05, 3.63) is 64.7 Å². The molecule has 2 heterocycles. The first-order chi connectivity index (χ1) is 16.1. The second kappa shape index (κ2) is 9.56. The molecule has 174 valence electrons.